The van der Waals surface area contributed by atoms with Crippen LogP contribution in [0, 0.1) is 0 Å². The van der Waals surface area contributed by atoms with E-state index < -0.39 is 23.6 Å². The first-order valence-corrected chi connectivity index (χ1v) is 9.50. The summed E-state index contributed by atoms with van der Waals surface area (Å²) in [4.78, 5) is 11.1. The lowest BCUT2D eigenvalue weighted by molar-refractivity contribution is -0.281. The molecule has 3 heterocycles. The van der Waals surface area contributed by atoms with Crippen molar-refractivity contribution in [3.63, 3.8) is 0 Å². The number of nitrogens with zero attached hydrogens (tertiary/aromatic N) is 2. The number of hydrogen-bond acceptors (Lipinski definition) is 7. The Morgan fingerprint density at radius 2 is 2.07 bits per heavy atom. The summed E-state index contributed by atoms with van der Waals surface area (Å²) in [6.45, 7) is 0. The average Bonchev–Trinajstić information content (AvgIpc) is 3.09. The average molecular weight is 429 g/mol. The Hall–Kier alpha value is -2.86. The SMILES string of the molecule is COc1ccnc(C[S+]([O-])c2nc3cc4c(cc3[nH]2)OC(F)C(F)(F)O4)c1OC. The topological polar surface area (TPSA) is 102 Å². The van der Waals surface area contributed by atoms with E-state index in [0.29, 0.717) is 22.7 Å². The van der Waals surface area contributed by atoms with Crippen molar-refractivity contribution in [3.05, 3.63) is 30.1 Å². The number of hydrogen-bond donors (Lipinski definition) is 1. The molecule has 0 radical (unpaired) electrons. The van der Waals surface area contributed by atoms with Gasteiger partial charge in [0.1, 0.15) is 5.69 Å². The summed E-state index contributed by atoms with van der Waals surface area (Å²) in [5.41, 5.74) is 0.907. The fourth-order valence-corrected chi connectivity index (χ4v) is 3.81. The van der Waals surface area contributed by atoms with E-state index >= 15 is 0 Å². The normalized spacial score (nSPS) is 18.5. The van der Waals surface area contributed by atoms with Gasteiger partial charge in [-0.2, -0.15) is 18.2 Å². The van der Waals surface area contributed by atoms with Crippen molar-refractivity contribution in [2.75, 3.05) is 14.2 Å². The monoisotopic (exact) mass is 429 g/mol. The highest BCUT2D eigenvalue weighted by molar-refractivity contribution is 7.90. The third-order valence-electron chi connectivity index (χ3n) is 4.12. The second kappa shape index (κ2) is 7.19. The summed E-state index contributed by atoms with van der Waals surface area (Å²) in [6, 6.07) is 4.02. The minimum absolute atomic E-state index is 0.0441. The van der Waals surface area contributed by atoms with Crippen LogP contribution in [-0.4, -0.2) is 46.2 Å². The van der Waals surface area contributed by atoms with Crippen molar-refractivity contribution in [3.8, 4) is 23.0 Å². The van der Waals surface area contributed by atoms with E-state index in [1.54, 1.807) is 6.07 Å². The Balaban J connectivity index is 1.64. The second-order valence-electron chi connectivity index (χ2n) is 5.94. The first-order valence-electron chi connectivity index (χ1n) is 8.18. The van der Waals surface area contributed by atoms with Crippen molar-refractivity contribution in [1.29, 1.82) is 0 Å². The minimum Gasteiger partial charge on any atom is -0.609 e. The molecule has 4 rings (SSSR count). The summed E-state index contributed by atoms with van der Waals surface area (Å²) in [6.07, 6.45) is -5.56. The molecular weight excluding hydrogens is 415 g/mol. The smallest absolute Gasteiger partial charge is 0.468 e. The van der Waals surface area contributed by atoms with Crippen LogP contribution in [0.2, 0.25) is 0 Å². The Kier molecular flexibility index (Phi) is 4.82. The molecule has 8 nitrogen and oxygen atoms in total. The molecule has 1 N–H and O–H groups in total. The number of H-pyrrole nitrogens is 1. The van der Waals surface area contributed by atoms with Crippen molar-refractivity contribution >= 4 is 22.2 Å². The van der Waals surface area contributed by atoms with E-state index in [4.69, 9.17) is 9.47 Å². The lowest BCUT2D eigenvalue weighted by Gasteiger charge is -2.28. The third kappa shape index (κ3) is 3.49. The summed E-state index contributed by atoms with van der Waals surface area (Å²) in [5, 5.41) is 0.0672. The number of alkyl halides is 3. The van der Waals surface area contributed by atoms with Crippen LogP contribution in [-0.2, 0) is 16.9 Å². The maximum absolute atomic E-state index is 13.4. The van der Waals surface area contributed by atoms with E-state index in [0.717, 1.165) is 6.07 Å². The molecule has 0 fully saturated rings. The number of methoxy groups -OCH3 is 2. The molecule has 0 amide bonds. The van der Waals surface area contributed by atoms with Gasteiger partial charge < -0.3 is 23.5 Å². The van der Waals surface area contributed by atoms with E-state index in [9.17, 15) is 17.7 Å². The minimum atomic E-state index is -4.11. The first kappa shape index (κ1) is 19.5. The zero-order valence-electron chi connectivity index (χ0n) is 15.1. The highest BCUT2D eigenvalue weighted by atomic mass is 32.2. The lowest BCUT2D eigenvalue weighted by atomic mass is 10.2. The largest absolute Gasteiger partial charge is 0.609 e. The summed E-state index contributed by atoms with van der Waals surface area (Å²) in [5.74, 6) is 0.150. The molecule has 154 valence electrons. The van der Waals surface area contributed by atoms with Gasteiger partial charge in [-0.05, 0) is 0 Å². The first-order chi connectivity index (χ1) is 13.8. The fraction of sp³-hybridized carbons (Fsp3) is 0.294. The molecular formula is C17H14F3N3O5S. The molecule has 1 aliphatic rings. The summed E-state index contributed by atoms with van der Waals surface area (Å²) >= 11 is -1.68. The molecule has 1 aromatic carbocycles. The molecule has 12 heteroatoms. The van der Waals surface area contributed by atoms with Gasteiger partial charge in [-0.25, -0.2) is 0 Å². The number of ether oxygens (including phenoxy) is 4. The zero-order chi connectivity index (χ0) is 20.8. The number of halogens is 3. The van der Waals surface area contributed by atoms with Crippen LogP contribution in [0.3, 0.4) is 0 Å². The van der Waals surface area contributed by atoms with Gasteiger partial charge in [0, 0.05) is 35.6 Å². The van der Waals surface area contributed by atoms with Crippen LogP contribution in [0.1, 0.15) is 5.69 Å². The predicted octanol–water partition coefficient (Wildman–Crippen LogP) is 2.94. The standard InChI is InChI=1S/C17H14F3N3O5S/c1-25-11-3-4-21-10(14(11)26-2)7-29(24)16-22-8-5-12-13(6-9(8)23-16)28-17(19,20)15(18)27-12/h3-6,15H,7H2,1-2H3,(H,22,23). The molecule has 0 bridgehead atoms. The van der Waals surface area contributed by atoms with Gasteiger partial charge >= 0.3 is 17.6 Å². The number of pyridine rings is 1. The van der Waals surface area contributed by atoms with Gasteiger partial charge in [0.05, 0.1) is 25.3 Å². The van der Waals surface area contributed by atoms with Gasteiger partial charge in [0.2, 0.25) is 0 Å². The van der Waals surface area contributed by atoms with Crippen LogP contribution < -0.4 is 18.9 Å². The zero-order valence-corrected chi connectivity index (χ0v) is 15.9. The highest BCUT2D eigenvalue weighted by Gasteiger charge is 2.49. The number of nitrogens with one attached hydrogen (secondary N) is 1. The molecule has 2 atom stereocenters. The molecule has 2 unspecified atom stereocenters. The molecule has 3 aromatic rings. The lowest BCUT2D eigenvalue weighted by Crippen LogP contribution is -2.43. The molecule has 0 saturated carbocycles. The van der Waals surface area contributed by atoms with Crippen molar-refractivity contribution in [2.45, 2.75) is 23.4 Å². The van der Waals surface area contributed by atoms with Gasteiger partial charge in [-0.1, -0.05) is 0 Å². The number of fused-ring (bicyclic) bond motifs is 2. The van der Waals surface area contributed by atoms with Crippen LogP contribution in [0.4, 0.5) is 13.2 Å². The Labute approximate surface area is 165 Å². The number of aromatic nitrogens is 3. The van der Waals surface area contributed by atoms with E-state index in [2.05, 4.69) is 24.4 Å². The Bertz CT molecular complexity index is 1060. The van der Waals surface area contributed by atoms with Crippen LogP contribution in [0.5, 0.6) is 23.0 Å². The molecule has 29 heavy (non-hydrogen) atoms. The maximum atomic E-state index is 13.4. The van der Waals surface area contributed by atoms with E-state index in [-0.39, 0.29) is 27.9 Å². The predicted molar refractivity (Wildman–Crippen MR) is 94.6 cm³/mol. The molecule has 2 aromatic heterocycles. The number of rotatable bonds is 5. The molecule has 1 aliphatic heterocycles. The van der Waals surface area contributed by atoms with Crippen LogP contribution >= 0.6 is 0 Å². The van der Waals surface area contributed by atoms with Gasteiger partial charge in [0.15, 0.2) is 28.8 Å². The van der Waals surface area contributed by atoms with Crippen molar-refractivity contribution in [2.24, 2.45) is 0 Å². The molecule has 0 saturated heterocycles. The van der Waals surface area contributed by atoms with E-state index in [1.165, 1.54) is 26.5 Å². The van der Waals surface area contributed by atoms with Crippen molar-refractivity contribution in [1.82, 2.24) is 15.0 Å². The number of aromatic amines is 1. The maximum Gasteiger partial charge on any atom is 0.468 e. The summed E-state index contributed by atoms with van der Waals surface area (Å²) in [7, 11) is 2.90. The molecule has 0 aliphatic carbocycles. The fourth-order valence-electron chi connectivity index (χ4n) is 2.79. The van der Waals surface area contributed by atoms with Crippen molar-refractivity contribution < 1.29 is 36.7 Å². The summed E-state index contributed by atoms with van der Waals surface area (Å²) < 4.78 is 72.2. The second-order valence-corrected chi connectivity index (χ2v) is 7.31. The van der Waals surface area contributed by atoms with E-state index in [1.807, 2.05) is 0 Å². The van der Waals surface area contributed by atoms with Crippen LogP contribution in [0.25, 0.3) is 11.0 Å². The highest BCUT2D eigenvalue weighted by Crippen LogP contribution is 2.42. The Morgan fingerprint density at radius 3 is 2.79 bits per heavy atom. The van der Waals surface area contributed by atoms with Gasteiger partial charge in [-0.15, -0.1) is 0 Å². The van der Waals surface area contributed by atoms with Gasteiger partial charge in [0.25, 0.3) is 0 Å². The Morgan fingerprint density at radius 1 is 1.28 bits per heavy atom. The third-order valence-corrected chi connectivity index (χ3v) is 5.28. The number of benzene rings is 1. The quantitative estimate of drug-likeness (QED) is 0.622. The van der Waals surface area contributed by atoms with Crippen LogP contribution in [0.15, 0.2) is 29.6 Å². The molecule has 0 spiro atoms. The van der Waals surface area contributed by atoms with Gasteiger partial charge in [-0.3, -0.25) is 9.97 Å². The number of imidazole rings is 1.